The predicted octanol–water partition coefficient (Wildman–Crippen LogP) is 1.09. The molecule has 3 heteroatoms. The lowest BCUT2D eigenvalue weighted by atomic mass is 10.0. The van der Waals surface area contributed by atoms with Crippen LogP contribution in [-0.4, -0.2) is 11.5 Å². The maximum Gasteiger partial charge on any atom is 0.143 e. The Morgan fingerprint density at radius 2 is 2.46 bits per heavy atom. The van der Waals surface area contributed by atoms with Crippen LogP contribution >= 0.6 is 0 Å². The fraction of sp³-hybridized carbons (Fsp3) is 0.400. The number of nitrogens with zero attached hydrogens (tertiary/aromatic N) is 2. The third-order valence-electron chi connectivity index (χ3n) is 1.97. The third-order valence-corrected chi connectivity index (χ3v) is 1.97. The highest BCUT2D eigenvalue weighted by Crippen LogP contribution is 2.09. The summed E-state index contributed by atoms with van der Waals surface area (Å²) < 4.78 is 0. The molecule has 0 bridgehead atoms. The van der Waals surface area contributed by atoms with Gasteiger partial charge in [0.15, 0.2) is 0 Å². The van der Waals surface area contributed by atoms with Gasteiger partial charge in [0.25, 0.3) is 0 Å². The molecular weight excluding hydrogens is 162 g/mol. The minimum absolute atomic E-state index is 0.399. The molecule has 0 aliphatic rings. The van der Waals surface area contributed by atoms with E-state index in [1.54, 1.807) is 6.20 Å². The summed E-state index contributed by atoms with van der Waals surface area (Å²) in [7, 11) is 0. The van der Waals surface area contributed by atoms with Crippen molar-refractivity contribution in [1.82, 2.24) is 4.98 Å². The van der Waals surface area contributed by atoms with Crippen LogP contribution in [-0.2, 0) is 6.42 Å². The van der Waals surface area contributed by atoms with Crippen molar-refractivity contribution in [3.63, 3.8) is 0 Å². The van der Waals surface area contributed by atoms with E-state index in [9.17, 15) is 0 Å². The van der Waals surface area contributed by atoms with Gasteiger partial charge in [0.2, 0.25) is 0 Å². The highest BCUT2D eigenvalue weighted by molar-refractivity contribution is 5.30. The van der Waals surface area contributed by atoms with Crippen molar-refractivity contribution >= 4 is 0 Å². The van der Waals surface area contributed by atoms with E-state index in [2.05, 4.69) is 18.0 Å². The van der Waals surface area contributed by atoms with Crippen molar-refractivity contribution in [3.05, 3.63) is 29.6 Å². The van der Waals surface area contributed by atoms with E-state index >= 15 is 0 Å². The van der Waals surface area contributed by atoms with Crippen LogP contribution in [0.5, 0.6) is 0 Å². The highest BCUT2D eigenvalue weighted by Gasteiger charge is 2.06. The normalized spacial score (nSPS) is 12.1. The fourth-order valence-electron chi connectivity index (χ4n) is 1.16. The molecule has 0 fully saturated rings. The molecule has 0 aliphatic carbocycles. The Labute approximate surface area is 78.2 Å². The maximum atomic E-state index is 8.76. The first-order valence-electron chi connectivity index (χ1n) is 4.32. The van der Waals surface area contributed by atoms with Crippen molar-refractivity contribution in [1.29, 1.82) is 5.26 Å². The van der Waals surface area contributed by atoms with E-state index in [0.29, 0.717) is 18.2 Å². The Morgan fingerprint density at radius 3 is 3.08 bits per heavy atom. The minimum atomic E-state index is 0.399. The number of rotatable bonds is 3. The molecule has 1 atom stereocenters. The van der Waals surface area contributed by atoms with Gasteiger partial charge in [0.05, 0.1) is 0 Å². The minimum Gasteiger partial charge on any atom is -0.330 e. The van der Waals surface area contributed by atoms with Gasteiger partial charge in [-0.3, -0.25) is 0 Å². The van der Waals surface area contributed by atoms with E-state index in [1.165, 1.54) is 0 Å². The first kappa shape index (κ1) is 9.69. The molecular formula is C10H13N3. The van der Waals surface area contributed by atoms with Gasteiger partial charge in [-0.2, -0.15) is 5.26 Å². The lowest BCUT2D eigenvalue weighted by Crippen LogP contribution is -2.13. The van der Waals surface area contributed by atoms with Gasteiger partial charge in [-0.15, -0.1) is 0 Å². The fourth-order valence-corrected chi connectivity index (χ4v) is 1.16. The Morgan fingerprint density at radius 1 is 1.69 bits per heavy atom. The average Bonchev–Trinajstić information content (AvgIpc) is 2.18. The molecule has 1 heterocycles. The van der Waals surface area contributed by atoms with Crippen molar-refractivity contribution < 1.29 is 0 Å². The molecule has 0 aliphatic heterocycles. The summed E-state index contributed by atoms with van der Waals surface area (Å²) in [5, 5.41) is 8.76. The Hall–Kier alpha value is -1.40. The molecule has 1 aromatic rings. The molecule has 0 saturated carbocycles. The van der Waals surface area contributed by atoms with Crippen LogP contribution in [0, 0.1) is 17.2 Å². The van der Waals surface area contributed by atoms with Gasteiger partial charge in [-0.25, -0.2) is 4.98 Å². The first-order valence-corrected chi connectivity index (χ1v) is 4.32. The van der Waals surface area contributed by atoms with Crippen LogP contribution in [0.4, 0.5) is 0 Å². The zero-order valence-electron chi connectivity index (χ0n) is 7.70. The number of hydrogen-bond donors (Lipinski definition) is 1. The molecule has 0 aromatic carbocycles. The maximum absolute atomic E-state index is 8.76. The number of nitriles is 1. The van der Waals surface area contributed by atoms with E-state index in [-0.39, 0.29) is 0 Å². The smallest absolute Gasteiger partial charge is 0.143 e. The quantitative estimate of drug-likeness (QED) is 0.748. The second-order valence-electron chi connectivity index (χ2n) is 3.17. The zero-order valence-corrected chi connectivity index (χ0v) is 7.70. The van der Waals surface area contributed by atoms with Gasteiger partial charge in [-0.05, 0) is 30.5 Å². The van der Waals surface area contributed by atoms with E-state index in [4.69, 9.17) is 11.0 Å². The van der Waals surface area contributed by atoms with Crippen LogP contribution in [0.25, 0.3) is 0 Å². The molecule has 0 saturated heterocycles. The summed E-state index contributed by atoms with van der Waals surface area (Å²) in [5.74, 6) is 0.399. The summed E-state index contributed by atoms with van der Waals surface area (Å²) in [6.45, 7) is 2.70. The van der Waals surface area contributed by atoms with Crippen molar-refractivity contribution in [2.24, 2.45) is 11.7 Å². The number of hydrogen-bond acceptors (Lipinski definition) is 3. The summed E-state index contributed by atoms with van der Waals surface area (Å²) >= 11 is 0. The largest absolute Gasteiger partial charge is 0.330 e. The molecule has 2 N–H and O–H groups in total. The van der Waals surface area contributed by atoms with E-state index in [0.717, 1.165) is 12.0 Å². The molecule has 1 rings (SSSR count). The molecule has 1 aromatic heterocycles. The zero-order chi connectivity index (χ0) is 9.68. The third kappa shape index (κ3) is 2.53. The second kappa shape index (κ2) is 4.58. The Bertz CT molecular complexity index is 314. The number of nitrogens with two attached hydrogens (primary N) is 1. The summed E-state index contributed by atoms with van der Waals surface area (Å²) in [6, 6.07) is 5.85. The second-order valence-corrected chi connectivity index (χ2v) is 3.17. The summed E-state index contributed by atoms with van der Waals surface area (Å²) in [4.78, 5) is 3.98. The summed E-state index contributed by atoms with van der Waals surface area (Å²) in [5.41, 5.74) is 7.01. The van der Waals surface area contributed by atoms with Gasteiger partial charge < -0.3 is 5.73 Å². The van der Waals surface area contributed by atoms with Gasteiger partial charge >= 0.3 is 0 Å². The lowest BCUT2D eigenvalue weighted by Gasteiger charge is -2.08. The molecule has 3 nitrogen and oxygen atoms in total. The van der Waals surface area contributed by atoms with Crippen LogP contribution in [0.2, 0.25) is 0 Å². The molecule has 68 valence electrons. The summed E-state index contributed by atoms with van der Waals surface area (Å²) in [6.07, 6.45) is 2.46. The van der Waals surface area contributed by atoms with Gasteiger partial charge in [-0.1, -0.05) is 13.0 Å². The van der Waals surface area contributed by atoms with Gasteiger partial charge in [0.1, 0.15) is 11.8 Å². The molecule has 0 radical (unpaired) electrons. The van der Waals surface area contributed by atoms with Crippen LogP contribution in [0.15, 0.2) is 18.3 Å². The lowest BCUT2D eigenvalue weighted by molar-refractivity contribution is 0.591. The van der Waals surface area contributed by atoms with E-state index < -0.39 is 0 Å². The molecule has 0 spiro atoms. The SMILES string of the molecule is CC(CN)Cc1cccnc1C#N. The Kier molecular flexibility index (Phi) is 3.41. The van der Waals surface area contributed by atoms with Gasteiger partial charge in [0, 0.05) is 6.20 Å². The molecule has 0 amide bonds. The van der Waals surface area contributed by atoms with Crippen LogP contribution in [0.3, 0.4) is 0 Å². The predicted molar refractivity (Wildman–Crippen MR) is 50.9 cm³/mol. The average molecular weight is 175 g/mol. The van der Waals surface area contributed by atoms with Crippen molar-refractivity contribution in [3.8, 4) is 6.07 Å². The monoisotopic (exact) mass is 175 g/mol. The topological polar surface area (TPSA) is 62.7 Å². The van der Waals surface area contributed by atoms with Crippen LogP contribution in [0.1, 0.15) is 18.2 Å². The van der Waals surface area contributed by atoms with Crippen molar-refractivity contribution in [2.45, 2.75) is 13.3 Å². The number of aromatic nitrogens is 1. The highest BCUT2D eigenvalue weighted by atomic mass is 14.7. The Balaban J connectivity index is 2.82. The molecule has 1 unspecified atom stereocenters. The van der Waals surface area contributed by atoms with Crippen LogP contribution < -0.4 is 5.73 Å². The van der Waals surface area contributed by atoms with E-state index in [1.807, 2.05) is 12.1 Å². The molecule has 13 heavy (non-hydrogen) atoms. The number of pyridine rings is 1. The van der Waals surface area contributed by atoms with Crippen molar-refractivity contribution in [2.75, 3.05) is 6.54 Å². The standard InChI is InChI=1S/C10H13N3/c1-8(6-11)5-9-3-2-4-13-10(9)7-12/h2-4,8H,5-6,11H2,1H3. The first-order chi connectivity index (χ1) is 6.27.